The summed E-state index contributed by atoms with van der Waals surface area (Å²) in [4.78, 5) is 21.1. The fourth-order valence-electron chi connectivity index (χ4n) is 3.06. The van der Waals surface area contributed by atoms with Gasteiger partial charge in [-0.1, -0.05) is 17.3 Å². The lowest BCUT2D eigenvalue weighted by molar-refractivity contribution is 0.0954. The van der Waals surface area contributed by atoms with Gasteiger partial charge in [0.15, 0.2) is 0 Å². The molecule has 0 bridgehead atoms. The van der Waals surface area contributed by atoms with Crippen LogP contribution in [0, 0.1) is 12.7 Å². The molecule has 4 rings (SSSR count). The van der Waals surface area contributed by atoms with Crippen molar-refractivity contribution in [2.45, 2.75) is 19.9 Å². The summed E-state index contributed by atoms with van der Waals surface area (Å²) in [6, 6.07) is 7.86. The average molecular weight is 379 g/mol. The van der Waals surface area contributed by atoms with Gasteiger partial charge < -0.3 is 14.4 Å². The van der Waals surface area contributed by atoms with Crippen LogP contribution in [0.4, 0.5) is 4.39 Å². The first kappa shape index (κ1) is 17.8. The SMILES string of the molecule is Cc1noc2nc(-c3ccccc3F)cc(C(=O)NCCCn3ccnc3)c12. The number of pyridine rings is 1. The molecule has 4 aromatic rings. The van der Waals surface area contributed by atoms with Crippen LogP contribution in [0.25, 0.3) is 22.4 Å². The number of carbonyl (C=O) groups is 1. The Labute approximate surface area is 160 Å². The van der Waals surface area contributed by atoms with Crippen molar-refractivity contribution in [2.75, 3.05) is 6.54 Å². The topological polar surface area (TPSA) is 85.8 Å². The van der Waals surface area contributed by atoms with E-state index in [2.05, 4.69) is 20.4 Å². The molecular weight excluding hydrogens is 361 g/mol. The minimum absolute atomic E-state index is 0.210. The van der Waals surface area contributed by atoms with Gasteiger partial charge in [0.25, 0.3) is 11.6 Å². The predicted octanol–water partition coefficient (Wildman–Crippen LogP) is 3.35. The van der Waals surface area contributed by atoms with E-state index >= 15 is 0 Å². The number of hydrogen-bond donors (Lipinski definition) is 1. The fourth-order valence-corrected chi connectivity index (χ4v) is 3.06. The number of fused-ring (bicyclic) bond motifs is 1. The molecule has 3 aromatic heterocycles. The zero-order valence-corrected chi connectivity index (χ0v) is 15.2. The van der Waals surface area contributed by atoms with Gasteiger partial charge in [0, 0.05) is 31.0 Å². The van der Waals surface area contributed by atoms with Gasteiger partial charge in [0.1, 0.15) is 5.82 Å². The standard InChI is InChI=1S/C20H18FN5O2/c1-13-18-15(19(27)23-7-4-9-26-10-8-22-12-26)11-17(24-20(18)28-25-13)14-5-2-3-6-16(14)21/h2-3,5-6,8,10-12H,4,7,9H2,1H3,(H,23,27). The van der Waals surface area contributed by atoms with Gasteiger partial charge >= 0.3 is 0 Å². The first-order chi connectivity index (χ1) is 13.6. The first-order valence-electron chi connectivity index (χ1n) is 8.89. The number of hydrogen-bond acceptors (Lipinski definition) is 5. The van der Waals surface area contributed by atoms with Gasteiger partial charge in [-0.15, -0.1) is 0 Å². The van der Waals surface area contributed by atoms with E-state index in [9.17, 15) is 9.18 Å². The minimum Gasteiger partial charge on any atom is -0.352 e. The Morgan fingerprint density at radius 2 is 2.18 bits per heavy atom. The van der Waals surface area contributed by atoms with E-state index in [4.69, 9.17) is 4.52 Å². The van der Waals surface area contributed by atoms with Gasteiger partial charge in [-0.05, 0) is 31.5 Å². The molecule has 7 nitrogen and oxygen atoms in total. The molecule has 0 aliphatic rings. The molecule has 3 heterocycles. The molecule has 0 unspecified atom stereocenters. The third kappa shape index (κ3) is 3.48. The van der Waals surface area contributed by atoms with E-state index in [1.165, 1.54) is 6.07 Å². The van der Waals surface area contributed by atoms with Crippen LogP contribution < -0.4 is 5.32 Å². The van der Waals surface area contributed by atoms with Crippen LogP contribution >= 0.6 is 0 Å². The summed E-state index contributed by atoms with van der Waals surface area (Å²) in [7, 11) is 0. The normalized spacial score (nSPS) is 11.1. The lowest BCUT2D eigenvalue weighted by Crippen LogP contribution is -2.25. The molecule has 0 saturated carbocycles. The lowest BCUT2D eigenvalue weighted by Gasteiger charge is -2.09. The number of rotatable bonds is 6. The second kappa shape index (κ2) is 7.59. The van der Waals surface area contributed by atoms with Crippen LogP contribution in [-0.2, 0) is 6.54 Å². The molecule has 1 N–H and O–H groups in total. The number of imidazole rings is 1. The average Bonchev–Trinajstić information content (AvgIpc) is 3.35. The summed E-state index contributed by atoms with van der Waals surface area (Å²) in [5.74, 6) is -0.695. The van der Waals surface area contributed by atoms with Crippen molar-refractivity contribution in [3.63, 3.8) is 0 Å². The summed E-state index contributed by atoms with van der Waals surface area (Å²) in [5, 5.41) is 7.34. The number of nitrogens with zero attached hydrogens (tertiary/aromatic N) is 4. The maximum Gasteiger partial charge on any atom is 0.259 e. The fraction of sp³-hybridized carbons (Fsp3) is 0.200. The number of benzene rings is 1. The molecule has 142 valence electrons. The highest BCUT2D eigenvalue weighted by molar-refractivity contribution is 6.07. The third-order valence-corrected chi connectivity index (χ3v) is 4.45. The summed E-state index contributed by atoms with van der Waals surface area (Å²) in [6.07, 6.45) is 6.06. The molecule has 1 aromatic carbocycles. The van der Waals surface area contributed by atoms with Crippen LogP contribution in [0.2, 0.25) is 0 Å². The number of halogens is 1. The van der Waals surface area contributed by atoms with Gasteiger partial charge in [-0.3, -0.25) is 4.79 Å². The highest BCUT2D eigenvalue weighted by Crippen LogP contribution is 2.28. The number of aryl methyl sites for hydroxylation is 2. The molecule has 0 saturated heterocycles. The highest BCUT2D eigenvalue weighted by Gasteiger charge is 2.20. The van der Waals surface area contributed by atoms with Gasteiger partial charge in [0.05, 0.1) is 28.7 Å². The summed E-state index contributed by atoms with van der Waals surface area (Å²) in [6.45, 7) is 2.98. The molecular formula is C20H18FN5O2. The maximum atomic E-state index is 14.2. The third-order valence-electron chi connectivity index (χ3n) is 4.45. The Morgan fingerprint density at radius 1 is 1.32 bits per heavy atom. The second-order valence-corrected chi connectivity index (χ2v) is 6.39. The largest absolute Gasteiger partial charge is 0.352 e. The van der Waals surface area contributed by atoms with Gasteiger partial charge in [-0.25, -0.2) is 14.4 Å². The Hall–Kier alpha value is -3.55. The molecule has 0 spiro atoms. The molecule has 0 aliphatic heterocycles. The van der Waals surface area contributed by atoms with Crippen LogP contribution in [-0.4, -0.2) is 32.1 Å². The molecule has 0 fully saturated rings. The van der Waals surface area contributed by atoms with Gasteiger partial charge in [0.2, 0.25) is 0 Å². The van der Waals surface area contributed by atoms with Crippen molar-refractivity contribution in [1.29, 1.82) is 0 Å². The molecule has 28 heavy (non-hydrogen) atoms. The summed E-state index contributed by atoms with van der Waals surface area (Å²) >= 11 is 0. The number of amides is 1. The first-order valence-corrected chi connectivity index (χ1v) is 8.89. The second-order valence-electron chi connectivity index (χ2n) is 6.39. The Bertz CT molecular complexity index is 1120. The van der Waals surface area contributed by atoms with Crippen LogP contribution in [0.15, 0.2) is 53.6 Å². The molecule has 0 radical (unpaired) electrons. The van der Waals surface area contributed by atoms with Crippen LogP contribution in [0.1, 0.15) is 22.5 Å². The van der Waals surface area contributed by atoms with Crippen LogP contribution in [0.3, 0.4) is 0 Å². The van der Waals surface area contributed by atoms with E-state index in [0.717, 1.165) is 13.0 Å². The summed E-state index contributed by atoms with van der Waals surface area (Å²) in [5.41, 5.74) is 1.76. The van der Waals surface area contributed by atoms with Gasteiger partial charge in [-0.2, -0.15) is 0 Å². The quantitative estimate of drug-likeness (QED) is 0.519. The zero-order valence-electron chi connectivity index (χ0n) is 15.2. The van der Waals surface area contributed by atoms with E-state index in [1.807, 2.05) is 10.8 Å². The van der Waals surface area contributed by atoms with Crippen molar-refractivity contribution >= 4 is 17.0 Å². The highest BCUT2D eigenvalue weighted by atomic mass is 19.1. The lowest BCUT2D eigenvalue weighted by atomic mass is 10.0. The minimum atomic E-state index is -0.419. The van der Waals surface area contributed by atoms with Crippen molar-refractivity contribution in [2.24, 2.45) is 0 Å². The van der Waals surface area contributed by atoms with E-state index in [0.29, 0.717) is 34.4 Å². The molecule has 0 atom stereocenters. The smallest absolute Gasteiger partial charge is 0.259 e. The number of aromatic nitrogens is 4. The molecule has 8 heteroatoms. The number of carbonyl (C=O) groups excluding carboxylic acids is 1. The molecule has 1 amide bonds. The predicted molar refractivity (Wildman–Crippen MR) is 101 cm³/mol. The summed E-state index contributed by atoms with van der Waals surface area (Å²) < 4.78 is 21.4. The van der Waals surface area contributed by atoms with Crippen molar-refractivity contribution in [3.05, 3.63) is 66.1 Å². The monoisotopic (exact) mass is 379 g/mol. The molecule has 0 aliphatic carbocycles. The Kier molecular flexibility index (Phi) is 4.84. The van der Waals surface area contributed by atoms with E-state index in [1.54, 1.807) is 43.7 Å². The van der Waals surface area contributed by atoms with Crippen LogP contribution in [0.5, 0.6) is 0 Å². The zero-order chi connectivity index (χ0) is 19.5. The Balaban J connectivity index is 1.60. The van der Waals surface area contributed by atoms with Crippen molar-refractivity contribution in [1.82, 2.24) is 25.0 Å². The maximum absolute atomic E-state index is 14.2. The number of nitrogens with one attached hydrogen (secondary N) is 1. The van der Waals surface area contributed by atoms with E-state index in [-0.39, 0.29) is 11.6 Å². The van der Waals surface area contributed by atoms with E-state index < -0.39 is 5.82 Å². The Morgan fingerprint density at radius 3 is 2.96 bits per heavy atom. The van der Waals surface area contributed by atoms with Crippen molar-refractivity contribution < 1.29 is 13.7 Å². The van der Waals surface area contributed by atoms with Crippen molar-refractivity contribution in [3.8, 4) is 11.3 Å².